The minimum absolute atomic E-state index is 0.105. The number of pyridine rings is 1. The van der Waals surface area contributed by atoms with Gasteiger partial charge in [-0.05, 0) is 49.7 Å². The van der Waals surface area contributed by atoms with Crippen LogP contribution in [0, 0.1) is 5.82 Å². The van der Waals surface area contributed by atoms with Gasteiger partial charge in [0, 0.05) is 12.7 Å². The number of halogens is 2. The van der Waals surface area contributed by atoms with Crippen LogP contribution < -0.4 is 15.4 Å². The predicted molar refractivity (Wildman–Crippen MR) is 98.6 cm³/mol. The van der Waals surface area contributed by atoms with Crippen LogP contribution in [-0.2, 0) is 6.54 Å². The number of benzene rings is 1. The molecule has 0 bridgehead atoms. The Hall–Kier alpha value is -2.34. The van der Waals surface area contributed by atoms with Crippen LogP contribution in [0.5, 0.6) is 5.75 Å². The van der Waals surface area contributed by atoms with Crippen molar-refractivity contribution in [3.63, 3.8) is 0 Å². The highest BCUT2D eigenvalue weighted by atomic mass is 35.5. The van der Waals surface area contributed by atoms with Crippen LogP contribution in [0.3, 0.4) is 0 Å². The molecule has 0 aliphatic rings. The van der Waals surface area contributed by atoms with Crippen LogP contribution in [-0.4, -0.2) is 30.1 Å². The molecular weight excluding hydrogens is 343 g/mol. The van der Waals surface area contributed by atoms with E-state index in [0.29, 0.717) is 30.0 Å². The Labute approximate surface area is 152 Å². The normalized spacial score (nSPS) is 12.6. The lowest BCUT2D eigenvalue weighted by Crippen LogP contribution is -2.41. The first-order chi connectivity index (χ1) is 12.1. The molecule has 1 aromatic carbocycles. The van der Waals surface area contributed by atoms with Gasteiger partial charge in [-0.2, -0.15) is 0 Å². The van der Waals surface area contributed by atoms with E-state index >= 15 is 0 Å². The smallest absolute Gasteiger partial charge is 0.191 e. The molecule has 134 valence electrons. The highest BCUT2D eigenvalue weighted by molar-refractivity contribution is 6.29. The summed E-state index contributed by atoms with van der Waals surface area (Å²) in [5.41, 5.74) is 0.970. The number of nitrogens with zero attached hydrogens (tertiary/aromatic N) is 2. The summed E-state index contributed by atoms with van der Waals surface area (Å²) in [6.07, 6.45) is 1.60. The van der Waals surface area contributed by atoms with E-state index in [1.165, 1.54) is 12.1 Å². The number of aliphatic imine (C=N–C) groups is 1. The number of hydrogen-bond acceptors (Lipinski definition) is 3. The van der Waals surface area contributed by atoms with E-state index in [2.05, 4.69) is 20.6 Å². The fraction of sp³-hybridized carbons (Fsp3) is 0.333. The van der Waals surface area contributed by atoms with Crippen LogP contribution in [0.25, 0.3) is 0 Å². The van der Waals surface area contributed by atoms with Gasteiger partial charge in [-0.25, -0.2) is 14.4 Å². The van der Waals surface area contributed by atoms with Gasteiger partial charge in [-0.15, -0.1) is 0 Å². The maximum atomic E-state index is 12.9. The Morgan fingerprint density at radius 1 is 1.24 bits per heavy atom. The largest absolute Gasteiger partial charge is 0.489 e. The first kappa shape index (κ1) is 19.0. The number of aromatic nitrogens is 1. The van der Waals surface area contributed by atoms with E-state index in [-0.39, 0.29) is 11.9 Å². The molecule has 25 heavy (non-hydrogen) atoms. The molecule has 0 amide bonds. The summed E-state index contributed by atoms with van der Waals surface area (Å²) in [5, 5.41) is 6.87. The number of ether oxygens (including phenoxy) is 1. The molecule has 0 spiro atoms. The maximum Gasteiger partial charge on any atom is 0.191 e. The number of rotatable bonds is 7. The summed E-state index contributed by atoms with van der Waals surface area (Å²) in [5.74, 6) is 1.04. The highest BCUT2D eigenvalue weighted by Gasteiger charge is 2.06. The molecule has 1 atom stereocenters. The van der Waals surface area contributed by atoms with Crippen LogP contribution in [0.15, 0.2) is 47.6 Å². The molecule has 2 aromatic rings. The van der Waals surface area contributed by atoms with Crippen LogP contribution in [0.1, 0.15) is 19.4 Å². The van der Waals surface area contributed by atoms with Crippen molar-refractivity contribution >= 4 is 17.6 Å². The van der Waals surface area contributed by atoms with Gasteiger partial charge in [0.15, 0.2) is 5.96 Å². The third-order valence-corrected chi connectivity index (χ3v) is 3.48. The van der Waals surface area contributed by atoms with E-state index < -0.39 is 0 Å². The fourth-order valence-corrected chi connectivity index (χ4v) is 2.15. The first-order valence-corrected chi connectivity index (χ1v) is 8.49. The standard InChI is InChI=1S/C18H22ClFN4O/c1-3-21-18(24-12-14-4-9-17(19)22-11-14)23-10-13(2)25-16-7-5-15(20)6-8-16/h4-9,11,13H,3,10,12H2,1-2H3,(H2,21,23,24). The molecule has 2 N–H and O–H groups in total. The van der Waals surface area contributed by atoms with Crippen LogP contribution >= 0.6 is 11.6 Å². The second kappa shape index (κ2) is 9.84. The maximum absolute atomic E-state index is 12.9. The average Bonchev–Trinajstić information content (AvgIpc) is 2.61. The van der Waals surface area contributed by atoms with Crippen molar-refractivity contribution in [2.75, 3.05) is 13.1 Å². The minimum atomic E-state index is -0.281. The molecule has 1 aromatic heterocycles. The molecule has 7 heteroatoms. The summed E-state index contributed by atoms with van der Waals surface area (Å²) in [7, 11) is 0. The zero-order chi connectivity index (χ0) is 18.1. The summed E-state index contributed by atoms with van der Waals surface area (Å²) in [4.78, 5) is 8.55. The molecule has 0 saturated carbocycles. The van der Waals surface area contributed by atoms with Gasteiger partial charge in [-0.1, -0.05) is 17.7 Å². The van der Waals surface area contributed by atoms with E-state index in [1.54, 1.807) is 24.4 Å². The van der Waals surface area contributed by atoms with Crippen molar-refractivity contribution < 1.29 is 9.13 Å². The van der Waals surface area contributed by atoms with Crippen molar-refractivity contribution in [3.05, 3.63) is 59.1 Å². The summed E-state index contributed by atoms with van der Waals surface area (Å²) >= 11 is 5.78. The highest BCUT2D eigenvalue weighted by Crippen LogP contribution is 2.12. The Morgan fingerprint density at radius 3 is 2.64 bits per heavy atom. The van der Waals surface area contributed by atoms with Crippen LogP contribution in [0.2, 0.25) is 5.15 Å². The molecule has 0 radical (unpaired) electrons. The van der Waals surface area contributed by atoms with Gasteiger partial charge < -0.3 is 15.4 Å². The molecular formula is C18H22ClFN4O. The van der Waals surface area contributed by atoms with E-state index in [9.17, 15) is 4.39 Å². The van der Waals surface area contributed by atoms with Crippen molar-refractivity contribution in [1.82, 2.24) is 15.6 Å². The quantitative estimate of drug-likeness (QED) is 0.449. The lowest BCUT2D eigenvalue weighted by molar-refractivity contribution is 0.223. The third-order valence-electron chi connectivity index (χ3n) is 3.26. The molecule has 0 saturated heterocycles. The SMILES string of the molecule is CCNC(=NCc1ccc(Cl)nc1)NCC(C)Oc1ccc(F)cc1. The first-order valence-electron chi connectivity index (χ1n) is 8.11. The lowest BCUT2D eigenvalue weighted by atomic mass is 10.3. The molecule has 1 heterocycles. The Kier molecular flexibility index (Phi) is 7.47. The Balaban J connectivity index is 1.86. The predicted octanol–water partition coefficient (Wildman–Crippen LogP) is 3.40. The number of nitrogens with one attached hydrogen (secondary N) is 2. The van der Waals surface area contributed by atoms with Crippen molar-refractivity contribution in [3.8, 4) is 5.75 Å². The summed E-state index contributed by atoms with van der Waals surface area (Å²) in [6.45, 7) is 5.73. The zero-order valence-electron chi connectivity index (χ0n) is 14.3. The van der Waals surface area contributed by atoms with E-state index in [0.717, 1.165) is 12.1 Å². The van der Waals surface area contributed by atoms with Gasteiger partial charge in [0.05, 0.1) is 13.1 Å². The molecule has 0 aliphatic carbocycles. The van der Waals surface area contributed by atoms with Gasteiger partial charge >= 0.3 is 0 Å². The molecule has 5 nitrogen and oxygen atoms in total. The molecule has 0 aliphatic heterocycles. The lowest BCUT2D eigenvalue weighted by Gasteiger charge is -2.17. The molecule has 0 fully saturated rings. The topological polar surface area (TPSA) is 58.5 Å². The fourth-order valence-electron chi connectivity index (χ4n) is 2.04. The third kappa shape index (κ3) is 6.97. The van der Waals surface area contributed by atoms with Crippen LogP contribution in [0.4, 0.5) is 4.39 Å². The van der Waals surface area contributed by atoms with Crippen molar-refractivity contribution in [2.24, 2.45) is 4.99 Å². The van der Waals surface area contributed by atoms with Gasteiger partial charge in [0.25, 0.3) is 0 Å². The molecule has 1 unspecified atom stereocenters. The second-order valence-corrected chi connectivity index (χ2v) is 5.83. The van der Waals surface area contributed by atoms with Gasteiger partial charge in [0.2, 0.25) is 0 Å². The van der Waals surface area contributed by atoms with E-state index in [1.807, 2.05) is 19.9 Å². The summed E-state index contributed by atoms with van der Waals surface area (Å²) < 4.78 is 18.6. The number of guanidine groups is 1. The zero-order valence-corrected chi connectivity index (χ0v) is 15.1. The molecule has 2 rings (SSSR count). The average molecular weight is 365 g/mol. The van der Waals surface area contributed by atoms with Gasteiger partial charge in [-0.3, -0.25) is 0 Å². The van der Waals surface area contributed by atoms with Gasteiger partial charge in [0.1, 0.15) is 22.8 Å². The van der Waals surface area contributed by atoms with Crippen molar-refractivity contribution in [1.29, 1.82) is 0 Å². The minimum Gasteiger partial charge on any atom is -0.489 e. The Bertz CT molecular complexity index is 676. The monoisotopic (exact) mass is 364 g/mol. The number of hydrogen-bond donors (Lipinski definition) is 2. The van der Waals surface area contributed by atoms with E-state index in [4.69, 9.17) is 16.3 Å². The Morgan fingerprint density at radius 2 is 2.00 bits per heavy atom. The van der Waals surface area contributed by atoms with Crippen molar-refractivity contribution in [2.45, 2.75) is 26.5 Å². The summed E-state index contributed by atoms with van der Waals surface area (Å²) in [6, 6.07) is 9.60. The second-order valence-electron chi connectivity index (χ2n) is 5.45.